The maximum atomic E-state index is 13.1. The Morgan fingerprint density at radius 3 is 2.35 bits per heavy atom. The predicted octanol–water partition coefficient (Wildman–Crippen LogP) is 3.07. The van der Waals surface area contributed by atoms with Crippen LogP contribution in [0.2, 0.25) is 0 Å². The Morgan fingerprint density at radius 2 is 1.79 bits per heavy atom. The van der Waals surface area contributed by atoms with Gasteiger partial charge in [-0.3, -0.25) is 19.7 Å². The number of ketones is 1. The predicted molar refractivity (Wildman–Crippen MR) is 125 cm³/mol. The van der Waals surface area contributed by atoms with Gasteiger partial charge >= 0.3 is 0 Å². The number of nitro benzene ring substituents is 1. The summed E-state index contributed by atoms with van der Waals surface area (Å²) in [6, 6.07) is 8.61. The van der Waals surface area contributed by atoms with E-state index in [2.05, 4.69) is 4.90 Å². The van der Waals surface area contributed by atoms with Crippen LogP contribution in [-0.2, 0) is 9.59 Å². The second-order valence-electron chi connectivity index (χ2n) is 7.75. The van der Waals surface area contributed by atoms with Crippen molar-refractivity contribution in [1.29, 1.82) is 0 Å². The molecule has 0 radical (unpaired) electrons. The molecule has 1 aliphatic rings. The number of Topliss-reactive ketones (excluding diaryl/α,β-unsaturated/α-hetero) is 1. The summed E-state index contributed by atoms with van der Waals surface area (Å²) >= 11 is 0. The maximum absolute atomic E-state index is 13.1. The molecule has 0 bridgehead atoms. The van der Waals surface area contributed by atoms with Gasteiger partial charge in [0, 0.05) is 30.8 Å². The number of likely N-dealkylation sites (N-methyl/N-ethyl adjacent to an activating group) is 1. The third-order valence-corrected chi connectivity index (χ3v) is 5.96. The van der Waals surface area contributed by atoms with Gasteiger partial charge in [0.25, 0.3) is 17.4 Å². The number of amides is 1. The van der Waals surface area contributed by atoms with Gasteiger partial charge in [-0.2, -0.15) is 0 Å². The summed E-state index contributed by atoms with van der Waals surface area (Å²) in [5.74, 6) is -2.00. The highest BCUT2D eigenvalue weighted by atomic mass is 16.6. The number of phenols is 1. The monoisotopic (exact) mass is 469 g/mol. The summed E-state index contributed by atoms with van der Waals surface area (Å²) in [6.07, 6.45) is 0. The van der Waals surface area contributed by atoms with Crippen LogP contribution in [-0.4, -0.2) is 69.9 Å². The molecule has 10 nitrogen and oxygen atoms in total. The SMILES string of the molecule is CCN(CC)CCN1C(=O)C(=O)/C(=C(/O)c2ccc([N+](=O)[O-])cc2)[C@@H]1c1ccc(O)c(OC)c1. The fourth-order valence-corrected chi connectivity index (χ4v) is 4.01. The Kier molecular flexibility index (Phi) is 7.52. The number of rotatable bonds is 9. The van der Waals surface area contributed by atoms with Gasteiger partial charge in [0.2, 0.25) is 0 Å². The van der Waals surface area contributed by atoms with Gasteiger partial charge in [-0.05, 0) is 42.9 Å². The minimum absolute atomic E-state index is 0.110. The number of likely N-dealkylation sites (tertiary alicyclic amines) is 1. The molecule has 1 atom stereocenters. The summed E-state index contributed by atoms with van der Waals surface area (Å²) in [7, 11) is 1.38. The Labute approximate surface area is 196 Å². The zero-order valence-corrected chi connectivity index (χ0v) is 19.2. The van der Waals surface area contributed by atoms with Crippen molar-refractivity contribution in [2.45, 2.75) is 19.9 Å². The van der Waals surface area contributed by atoms with E-state index in [1.807, 2.05) is 13.8 Å². The van der Waals surface area contributed by atoms with Crippen molar-refractivity contribution in [2.75, 3.05) is 33.3 Å². The van der Waals surface area contributed by atoms with Crippen molar-refractivity contribution in [1.82, 2.24) is 9.80 Å². The van der Waals surface area contributed by atoms with E-state index in [1.165, 1.54) is 48.4 Å². The number of nitro groups is 1. The van der Waals surface area contributed by atoms with Crippen LogP contribution in [0, 0.1) is 10.1 Å². The van der Waals surface area contributed by atoms with Gasteiger partial charge in [-0.15, -0.1) is 0 Å². The highest BCUT2D eigenvalue weighted by molar-refractivity contribution is 6.46. The highest BCUT2D eigenvalue weighted by Crippen LogP contribution is 2.41. The number of aliphatic hydroxyl groups is 1. The van der Waals surface area contributed by atoms with Crippen LogP contribution in [0.5, 0.6) is 11.5 Å². The van der Waals surface area contributed by atoms with Crippen molar-refractivity contribution in [2.24, 2.45) is 0 Å². The highest BCUT2D eigenvalue weighted by Gasteiger charge is 2.46. The van der Waals surface area contributed by atoms with Crippen molar-refractivity contribution < 1.29 is 29.5 Å². The summed E-state index contributed by atoms with van der Waals surface area (Å²) < 4.78 is 5.19. The van der Waals surface area contributed by atoms with E-state index >= 15 is 0 Å². The number of carbonyl (C=O) groups excluding carboxylic acids is 2. The maximum Gasteiger partial charge on any atom is 0.295 e. The standard InChI is InChI=1S/C24H27N3O7/c1-4-25(5-2)12-13-26-21(16-8-11-18(28)19(14-16)34-3)20(23(30)24(26)31)22(29)15-6-9-17(10-7-15)27(32)33/h6-11,14,21,28-29H,4-5,12-13H2,1-3H3/b22-20+/t21-/m0/s1. The number of methoxy groups -OCH3 is 1. The van der Waals surface area contributed by atoms with Gasteiger partial charge in [0.15, 0.2) is 11.5 Å². The summed E-state index contributed by atoms with van der Waals surface area (Å²) in [5, 5.41) is 32.0. The molecule has 34 heavy (non-hydrogen) atoms. The molecule has 180 valence electrons. The van der Waals surface area contributed by atoms with Crippen LogP contribution in [0.15, 0.2) is 48.0 Å². The average molecular weight is 469 g/mol. The molecule has 1 aliphatic heterocycles. The van der Waals surface area contributed by atoms with Gasteiger partial charge in [0.05, 0.1) is 23.6 Å². The molecule has 2 aromatic rings. The van der Waals surface area contributed by atoms with Crippen molar-refractivity contribution >= 4 is 23.1 Å². The third-order valence-electron chi connectivity index (χ3n) is 5.96. The molecule has 0 unspecified atom stereocenters. The topological polar surface area (TPSA) is 133 Å². The Morgan fingerprint density at radius 1 is 1.15 bits per heavy atom. The average Bonchev–Trinajstić information content (AvgIpc) is 3.09. The zero-order chi connectivity index (χ0) is 25.0. The first-order valence-corrected chi connectivity index (χ1v) is 10.9. The fraction of sp³-hybridized carbons (Fsp3) is 0.333. The Bertz CT molecular complexity index is 1120. The molecule has 0 aromatic heterocycles. The van der Waals surface area contributed by atoms with Crippen LogP contribution in [0.1, 0.15) is 31.0 Å². The lowest BCUT2D eigenvalue weighted by Gasteiger charge is -2.28. The molecule has 1 amide bonds. The lowest BCUT2D eigenvalue weighted by molar-refractivity contribution is -0.384. The van der Waals surface area contributed by atoms with Crippen LogP contribution in [0.25, 0.3) is 5.76 Å². The lowest BCUT2D eigenvalue weighted by atomic mass is 9.95. The van der Waals surface area contributed by atoms with Gasteiger partial charge in [-0.1, -0.05) is 19.9 Å². The van der Waals surface area contributed by atoms with E-state index in [-0.39, 0.29) is 34.9 Å². The number of non-ortho nitro benzene ring substituents is 1. The quantitative estimate of drug-likeness (QED) is 0.188. The molecule has 2 aromatic carbocycles. The number of benzene rings is 2. The first kappa shape index (κ1) is 24.7. The summed E-state index contributed by atoms with van der Waals surface area (Å²) in [4.78, 5) is 40.0. The number of aromatic hydroxyl groups is 1. The van der Waals surface area contributed by atoms with Gasteiger partial charge in [0.1, 0.15) is 5.76 Å². The molecule has 0 saturated carbocycles. The minimum atomic E-state index is -0.930. The molecule has 1 saturated heterocycles. The molecule has 3 rings (SSSR count). The second kappa shape index (κ2) is 10.3. The first-order chi connectivity index (χ1) is 16.2. The Balaban J connectivity index is 2.13. The largest absolute Gasteiger partial charge is 0.507 e. The summed E-state index contributed by atoms with van der Waals surface area (Å²) in [5.41, 5.74) is 0.335. The first-order valence-electron chi connectivity index (χ1n) is 10.9. The van der Waals surface area contributed by atoms with Crippen molar-refractivity contribution in [3.63, 3.8) is 0 Å². The number of phenolic OH excluding ortho intramolecular Hbond substituents is 1. The van der Waals surface area contributed by atoms with Crippen LogP contribution in [0.3, 0.4) is 0 Å². The third kappa shape index (κ3) is 4.72. The summed E-state index contributed by atoms with van der Waals surface area (Å²) in [6.45, 7) is 6.27. The van der Waals surface area contributed by atoms with E-state index < -0.39 is 28.4 Å². The lowest BCUT2D eigenvalue weighted by Crippen LogP contribution is -2.38. The molecule has 10 heteroatoms. The number of ether oxygens (including phenoxy) is 1. The van der Waals surface area contributed by atoms with E-state index in [9.17, 15) is 29.9 Å². The van der Waals surface area contributed by atoms with Crippen molar-refractivity contribution in [3.8, 4) is 11.5 Å². The van der Waals surface area contributed by atoms with Crippen molar-refractivity contribution in [3.05, 3.63) is 69.3 Å². The molecular formula is C24H27N3O7. The molecule has 0 spiro atoms. The van der Waals surface area contributed by atoms with E-state index in [0.29, 0.717) is 12.1 Å². The van der Waals surface area contributed by atoms with E-state index in [1.54, 1.807) is 6.07 Å². The number of hydrogen-bond acceptors (Lipinski definition) is 8. The zero-order valence-electron chi connectivity index (χ0n) is 19.2. The van der Waals surface area contributed by atoms with Crippen LogP contribution < -0.4 is 4.74 Å². The second-order valence-corrected chi connectivity index (χ2v) is 7.75. The number of hydrogen-bond donors (Lipinski definition) is 2. The molecular weight excluding hydrogens is 442 g/mol. The molecule has 0 aliphatic carbocycles. The van der Waals surface area contributed by atoms with Gasteiger partial charge < -0.3 is 24.7 Å². The van der Waals surface area contributed by atoms with Crippen LogP contribution >= 0.6 is 0 Å². The van der Waals surface area contributed by atoms with E-state index in [0.717, 1.165) is 13.1 Å². The number of carbonyl (C=O) groups is 2. The van der Waals surface area contributed by atoms with Crippen LogP contribution in [0.4, 0.5) is 5.69 Å². The van der Waals surface area contributed by atoms with E-state index in [4.69, 9.17) is 4.74 Å². The Hall–Kier alpha value is -3.92. The minimum Gasteiger partial charge on any atom is -0.507 e. The smallest absolute Gasteiger partial charge is 0.295 e. The fourth-order valence-electron chi connectivity index (χ4n) is 4.01. The normalized spacial score (nSPS) is 17.4. The van der Waals surface area contributed by atoms with Gasteiger partial charge in [-0.25, -0.2) is 0 Å². The molecule has 1 heterocycles. The number of aliphatic hydroxyl groups excluding tert-OH is 1. The molecule has 2 N–H and O–H groups in total. The number of nitrogens with zero attached hydrogens (tertiary/aromatic N) is 3. The molecule has 1 fully saturated rings.